The lowest BCUT2D eigenvalue weighted by molar-refractivity contribution is 0.148. The van der Waals surface area contributed by atoms with Crippen LogP contribution in [0.2, 0.25) is 0 Å². The highest BCUT2D eigenvalue weighted by Crippen LogP contribution is 2.00. The number of rotatable bonds is 5. The van der Waals surface area contributed by atoms with E-state index >= 15 is 0 Å². The summed E-state index contributed by atoms with van der Waals surface area (Å²) in [5.41, 5.74) is 0. The topological polar surface area (TPSA) is 75.6 Å². The van der Waals surface area contributed by atoms with E-state index in [1.54, 1.807) is 7.05 Å². The SMILES string of the molecule is CCCC(NC)OS(=O)(=O)O. The Kier molecular flexibility index (Phi) is 4.58. The van der Waals surface area contributed by atoms with Crippen molar-refractivity contribution in [1.82, 2.24) is 5.32 Å². The summed E-state index contributed by atoms with van der Waals surface area (Å²) in [5.74, 6) is 0. The molecule has 0 aromatic heterocycles. The quantitative estimate of drug-likeness (QED) is 0.469. The minimum Gasteiger partial charge on any atom is -0.294 e. The molecule has 0 heterocycles. The first-order valence-electron chi connectivity index (χ1n) is 3.32. The Balaban J connectivity index is 3.88. The minimum absolute atomic E-state index is 0.538. The van der Waals surface area contributed by atoms with E-state index in [9.17, 15) is 8.42 Å². The highest BCUT2D eigenvalue weighted by Gasteiger charge is 2.13. The van der Waals surface area contributed by atoms with Gasteiger partial charge in [0.15, 0.2) is 0 Å². The predicted molar refractivity (Wildman–Crippen MR) is 40.4 cm³/mol. The molecule has 0 radical (unpaired) electrons. The zero-order valence-corrected chi connectivity index (χ0v) is 7.39. The lowest BCUT2D eigenvalue weighted by Gasteiger charge is -2.12. The molecule has 0 aliphatic heterocycles. The van der Waals surface area contributed by atoms with Crippen molar-refractivity contribution in [1.29, 1.82) is 0 Å². The van der Waals surface area contributed by atoms with Crippen molar-refractivity contribution in [3.05, 3.63) is 0 Å². The molecule has 0 aromatic carbocycles. The summed E-state index contributed by atoms with van der Waals surface area (Å²) in [5, 5.41) is 2.60. The molecular formula is C5H13NO4S. The second-order valence-electron chi connectivity index (χ2n) is 2.09. The van der Waals surface area contributed by atoms with E-state index in [0.29, 0.717) is 6.42 Å². The van der Waals surface area contributed by atoms with Crippen LogP contribution in [0.1, 0.15) is 19.8 Å². The van der Waals surface area contributed by atoms with Gasteiger partial charge in [-0.2, -0.15) is 8.42 Å². The average Bonchev–Trinajstić information content (AvgIpc) is 1.84. The Hall–Kier alpha value is -0.170. The van der Waals surface area contributed by atoms with Crippen molar-refractivity contribution >= 4 is 10.4 Å². The smallest absolute Gasteiger partial charge is 0.294 e. The molecule has 0 aliphatic carbocycles. The Morgan fingerprint density at radius 1 is 1.64 bits per heavy atom. The van der Waals surface area contributed by atoms with Crippen LogP contribution in [0.5, 0.6) is 0 Å². The summed E-state index contributed by atoms with van der Waals surface area (Å²) in [7, 11) is -2.76. The van der Waals surface area contributed by atoms with Crippen LogP contribution in [-0.2, 0) is 14.6 Å². The zero-order chi connectivity index (χ0) is 8.91. The molecule has 0 aliphatic rings. The van der Waals surface area contributed by atoms with Crippen LogP contribution in [0.4, 0.5) is 0 Å². The lowest BCUT2D eigenvalue weighted by Crippen LogP contribution is -2.30. The molecule has 5 nitrogen and oxygen atoms in total. The van der Waals surface area contributed by atoms with Crippen molar-refractivity contribution in [2.75, 3.05) is 7.05 Å². The summed E-state index contributed by atoms with van der Waals surface area (Å²) < 4.78 is 32.8. The van der Waals surface area contributed by atoms with Gasteiger partial charge in [-0.25, -0.2) is 4.18 Å². The molecule has 0 amide bonds. The lowest BCUT2D eigenvalue weighted by atomic mass is 10.3. The van der Waals surface area contributed by atoms with Gasteiger partial charge in [-0.05, 0) is 13.5 Å². The van der Waals surface area contributed by atoms with Crippen molar-refractivity contribution in [2.24, 2.45) is 0 Å². The summed E-state index contributed by atoms with van der Waals surface area (Å²) in [6.45, 7) is 1.89. The van der Waals surface area contributed by atoms with Crippen LogP contribution in [0.25, 0.3) is 0 Å². The molecule has 0 aromatic rings. The third-order valence-corrected chi connectivity index (χ3v) is 1.59. The molecule has 0 spiro atoms. The van der Waals surface area contributed by atoms with Gasteiger partial charge in [0.05, 0.1) is 0 Å². The first-order valence-corrected chi connectivity index (χ1v) is 4.69. The minimum atomic E-state index is -4.32. The Bertz CT molecular complexity index is 189. The normalized spacial score (nSPS) is 14.8. The maximum absolute atomic E-state index is 10.2. The van der Waals surface area contributed by atoms with Gasteiger partial charge in [0.25, 0.3) is 0 Å². The van der Waals surface area contributed by atoms with Gasteiger partial charge < -0.3 is 0 Å². The molecule has 2 N–H and O–H groups in total. The van der Waals surface area contributed by atoms with Gasteiger partial charge in [-0.3, -0.25) is 9.87 Å². The molecule has 0 saturated carbocycles. The fourth-order valence-electron chi connectivity index (χ4n) is 0.650. The van der Waals surface area contributed by atoms with E-state index in [1.807, 2.05) is 6.92 Å². The molecule has 0 bridgehead atoms. The van der Waals surface area contributed by atoms with Crippen LogP contribution < -0.4 is 5.32 Å². The van der Waals surface area contributed by atoms with Crippen LogP contribution in [0.15, 0.2) is 0 Å². The van der Waals surface area contributed by atoms with Gasteiger partial charge in [-0.1, -0.05) is 13.3 Å². The standard InChI is InChI=1S/C5H13NO4S/c1-3-4-5(6-2)10-11(7,8)9/h5-6H,3-4H2,1-2H3,(H,7,8,9). The van der Waals surface area contributed by atoms with Crippen molar-refractivity contribution in [3.8, 4) is 0 Å². The molecule has 11 heavy (non-hydrogen) atoms. The average molecular weight is 183 g/mol. The van der Waals surface area contributed by atoms with Crippen LogP contribution >= 0.6 is 0 Å². The van der Waals surface area contributed by atoms with E-state index in [1.165, 1.54) is 0 Å². The second kappa shape index (κ2) is 4.66. The van der Waals surface area contributed by atoms with Crippen LogP contribution in [-0.4, -0.2) is 26.2 Å². The molecule has 6 heteroatoms. The third-order valence-electron chi connectivity index (χ3n) is 1.11. The molecule has 1 unspecified atom stereocenters. The number of hydrogen-bond acceptors (Lipinski definition) is 4. The highest BCUT2D eigenvalue weighted by atomic mass is 32.3. The fraction of sp³-hybridized carbons (Fsp3) is 1.00. The Labute approximate surface area is 66.7 Å². The third kappa shape index (κ3) is 6.24. The maximum atomic E-state index is 10.2. The first kappa shape index (κ1) is 10.8. The molecular weight excluding hydrogens is 170 g/mol. The summed E-state index contributed by atoms with van der Waals surface area (Å²) in [6, 6.07) is 0. The first-order chi connectivity index (χ1) is 4.99. The van der Waals surface area contributed by atoms with E-state index in [2.05, 4.69) is 9.50 Å². The Morgan fingerprint density at radius 2 is 2.18 bits per heavy atom. The van der Waals surface area contributed by atoms with Gasteiger partial charge >= 0.3 is 10.4 Å². The van der Waals surface area contributed by atoms with Gasteiger partial charge in [0.1, 0.15) is 6.23 Å². The number of nitrogens with one attached hydrogen (secondary N) is 1. The van der Waals surface area contributed by atoms with Gasteiger partial charge in [0, 0.05) is 0 Å². The summed E-state index contributed by atoms with van der Waals surface area (Å²) in [6.07, 6.45) is 0.687. The molecule has 0 rings (SSSR count). The van der Waals surface area contributed by atoms with Gasteiger partial charge in [0.2, 0.25) is 0 Å². The van der Waals surface area contributed by atoms with Crippen molar-refractivity contribution in [2.45, 2.75) is 26.0 Å². The Morgan fingerprint density at radius 3 is 2.45 bits per heavy atom. The monoisotopic (exact) mass is 183 g/mol. The number of hydrogen-bond donors (Lipinski definition) is 2. The van der Waals surface area contributed by atoms with Crippen molar-refractivity contribution in [3.63, 3.8) is 0 Å². The fourth-order valence-corrected chi connectivity index (χ4v) is 1.14. The predicted octanol–water partition coefficient (Wildman–Crippen LogP) is 0.151. The maximum Gasteiger partial charge on any atom is 0.398 e. The van der Waals surface area contributed by atoms with Crippen LogP contribution in [0.3, 0.4) is 0 Å². The van der Waals surface area contributed by atoms with Crippen LogP contribution in [0, 0.1) is 0 Å². The molecule has 1 atom stereocenters. The van der Waals surface area contributed by atoms with E-state index in [4.69, 9.17) is 4.55 Å². The molecule has 0 fully saturated rings. The summed E-state index contributed by atoms with van der Waals surface area (Å²) in [4.78, 5) is 0. The van der Waals surface area contributed by atoms with E-state index in [0.717, 1.165) is 6.42 Å². The van der Waals surface area contributed by atoms with Gasteiger partial charge in [-0.15, -0.1) is 0 Å². The largest absolute Gasteiger partial charge is 0.398 e. The summed E-state index contributed by atoms with van der Waals surface area (Å²) >= 11 is 0. The second-order valence-corrected chi connectivity index (χ2v) is 3.14. The molecule has 0 saturated heterocycles. The van der Waals surface area contributed by atoms with E-state index < -0.39 is 16.6 Å². The zero-order valence-electron chi connectivity index (χ0n) is 6.57. The van der Waals surface area contributed by atoms with E-state index in [-0.39, 0.29) is 0 Å². The highest BCUT2D eigenvalue weighted by molar-refractivity contribution is 7.80. The van der Waals surface area contributed by atoms with Crippen molar-refractivity contribution < 1.29 is 17.2 Å². The molecule has 68 valence electrons.